The Balaban J connectivity index is 2.70. The van der Waals surface area contributed by atoms with Crippen molar-refractivity contribution in [3.8, 4) is 5.75 Å². The summed E-state index contributed by atoms with van der Waals surface area (Å²) >= 11 is 6.12. The number of benzene rings is 1. The molecule has 0 saturated carbocycles. The summed E-state index contributed by atoms with van der Waals surface area (Å²) in [6, 6.07) is 3.86. The molecule has 17 heavy (non-hydrogen) atoms. The van der Waals surface area contributed by atoms with Gasteiger partial charge in [0.25, 0.3) is 0 Å². The van der Waals surface area contributed by atoms with Gasteiger partial charge in [-0.1, -0.05) is 11.6 Å². The van der Waals surface area contributed by atoms with E-state index in [1.807, 2.05) is 26.0 Å². The molecule has 0 heterocycles. The fourth-order valence-corrected chi connectivity index (χ4v) is 1.81. The van der Waals surface area contributed by atoms with Crippen LogP contribution in [0.4, 0.5) is 0 Å². The second-order valence-electron chi connectivity index (χ2n) is 4.12. The molecular formula is C13H20ClNO2. The van der Waals surface area contributed by atoms with Crippen LogP contribution in [0.1, 0.15) is 25.0 Å². The minimum atomic E-state index is -0.339. The van der Waals surface area contributed by atoms with Gasteiger partial charge in [0.1, 0.15) is 5.75 Å². The average Bonchev–Trinajstić information content (AvgIpc) is 2.24. The molecule has 0 bridgehead atoms. The third kappa shape index (κ3) is 4.54. The number of nitrogens with one attached hydrogen (secondary N) is 1. The molecule has 0 aliphatic heterocycles. The van der Waals surface area contributed by atoms with Gasteiger partial charge in [-0.2, -0.15) is 0 Å². The molecule has 3 nitrogen and oxygen atoms in total. The van der Waals surface area contributed by atoms with Crippen LogP contribution < -0.4 is 10.1 Å². The highest BCUT2D eigenvalue weighted by Gasteiger charge is 2.06. The maximum atomic E-state index is 9.16. The number of aliphatic hydroxyl groups excluding tert-OH is 1. The van der Waals surface area contributed by atoms with Crippen molar-refractivity contribution in [1.29, 1.82) is 0 Å². The molecule has 0 amide bonds. The van der Waals surface area contributed by atoms with E-state index >= 15 is 0 Å². The predicted octanol–water partition coefficient (Wildman–Crippen LogP) is 2.52. The molecule has 0 saturated heterocycles. The Bertz CT molecular complexity index is 367. The predicted molar refractivity (Wildman–Crippen MR) is 70.7 cm³/mol. The van der Waals surface area contributed by atoms with E-state index in [1.54, 1.807) is 6.92 Å². The van der Waals surface area contributed by atoms with Gasteiger partial charge >= 0.3 is 0 Å². The lowest BCUT2D eigenvalue weighted by molar-refractivity contribution is 0.191. The summed E-state index contributed by atoms with van der Waals surface area (Å²) in [6.45, 7) is 7.60. The van der Waals surface area contributed by atoms with E-state index in [0.717, 1.165) is 16.9 Å². The minimum Gasteiger partial charge on any atom is -0.492 e. The van der Waals surface area contributed by atoms with Gasteiger partial charge in [-0.05, 0) is 44.0 Å². The van der Waals surface area contributed by atoms with E-state index in [1.165, 1.54) is 0 Å². The first-order valence-corrected chi connectivity index (χ1v) is 6.23. The zero-order valence-corrected chi connectivity index (χ0v) is 11.3. The van der Waals surface area contributed by atoms with Crippen LogP contribution in [0.15, 0.2) is 12.1 Å². The van der Waals surface area contributed by atoms with Crippen molar-refractivity contribution in [3.63, 3.8) is 0 Å². The fraction of sp³-hybridized carbons (Fsp3) is 0.538. The summed E-state index contributed by atoms with van der Waals surface area (Å²) < 4.78 is 5.42. The minimum absolute atomic E-state index is 0.339. The Labute approximate surface area is 108 Å². The molecule has 1 unspecified atom stereocenters. The van der Waals surface area contributed by atoms with E-state index in [2.05, 4.69) is 5.32 Å². The Morgan fingerprint density at radius 1 is 1.47 bits per heavy atom. The van der Waals surface area contributed by atoms with E-state index in [4.69, 9.17) is 21.4 Å². The molecule has 1 rings (SSSR count). The van der Waals surface area contributed by atoms with Gasteiger partial charge in [-0.3, -0.25) is 0 Å². The molecule has 4 heteroatoms. The Morgan fingerprint density at radius 2 is 2.18 bits per heavy atom. The summed E-state index contributed by atoms with van der Waals surface area (Å²) in [6.07, 6.45) is -0.339. The SMILES string of the molecule is CCOc1cc(C)c(CNCC(C)O)cc1Cl. The van der Waals surface area contributed by atoms with Crippen LogP contribution in [0.5, 0.6) is 5.75 Å². The highest BCUT2D eigenvalue weighted by atomic mass is 35.5. The molecule has 0 aliphatic rings. The van der Waals surface area contributed by atoms with E-state index in [-0.39, 0.29) is 6.10 Å². The van der Waals surface area contributed by atoms with Gasteiger partial charge < -0.3 is 15.2 Å². The summed E-state index contributed by atoms with van der Waals surface area (Å²) in [5, 5.41) is 13.0. The topological polar surface area (TPSA) is 41.5 Å². The summed E-state index contributed by atoms with van der Waals surface area (Å²) in [5.41, 5.74) is 2.26. The number of aryl methyl sites for hydroxylation is 1. The lowest BCUT2D eigenvalue weighted by Gasteiger charge is -2.12. The zero-order valence-electron chi connectivity index (χ0n) is 10.6. The number of aliphatic hydroxyl groups is 1. The van der Waals surface area contributed by atoms with Crippen molar-refractivity contribution in [2.24, 2.45) is 0 Å². The van der Waals surface area contributed by atoms with Gasteiger partial charge in [-0.15, -0.1) is 0 Å². The average molecular weight is 258 g/mol. The summed E-state index contributed by atoms with van der Waals surface area (Å²) in [4.78, 5) is 0. The first-order valence-electron chi connectivity index (χ1n) is 5.85. The Kier molecular flexibility index (Phi) is 5.75. The van der Waals surface area contributed by atoms with Crippen LogP contribution in [-0.2, 0) is 6.54 Å². The quantitative estimate of drug-likeness (QED) is 0.823. The van der Waals surface area contributed by atoms with Crippen molar-refractivity contribution in [2.45, 2.75) is 33.4 Å². The molecule has 0 aliphatic carbocycles. The number of rotatable bonds is 6. The summed E-state index contributed by atoms with van der Waals surface area (Å²) in [7, 11) is 0. The van der Waals surface area contributed by atoms with Crippen LogP contribution in [0.3, 0.4) is 0 Å². The largest absolute Gasteiger partial charge is 0.492 e. The van der Waals surface area contributed by atoms with Crippen LogP contribution >= 0.6 is 11.6 Å². The molecule has 1 aromatic carbocycles. The van der Waals surface area contributed by atoms with Crippen molar-refractivity contribution >= 4 is 11.6 Å². The Hall–Kier alpha value is -0.770. The molecule has 0 aromatic heterocycles. The normalized spacial score (nSPS) is 12.5. The third-order valence-corrected chi connectivity index (χ3v) is 2.74. The van der Waals surface area contributed by atoms with Crippen molar-refractivity contribution < 1.29 is 9.84 Å². The smallest absolute Gasteiger partial charge is 0.138 e. The first-order chi connectivity index (χ1) is 8.04. The molecular weight excluding hydrogens is 238 g/mol. The van der Waals surface area contributed by atoms with Crippen LogP contribution in [-0.4, -0.2) is 24.4 Å². The lowest BCUT2D eigenvalue weighted by atomic mass is 10.1. The molecule has 1 aromatic rings. The molecule has 96 valence electrons. The van der Waals surface area contributed by atoms with Gasteiger partial charge in [-0.25, -0.2) is 0 Å². The van der Waals surface area contributed by atoms with Crippen molar-refractivity contribution in [2.75, 3.05) is 13.2 Å². The van der Waals surface area contributed by atoms with Crippen LogP contribution in [0, 0.1) is 6.92 Å². The first kappa shape index (κ1) is 14.3. The molecule has 1 atom stereocenters. The number of halogens is 1. The molecule has 0 radical (unpaired) electrons. The van der Waals surface area contributed by atoms with Gasteiger partial charge in [0.15, 0.2) is 0 Å². The number of hydrogen-bond donors (Lipinski definition) is 2. The van der Waals surface area contributed by atoms with E-state index in [0.29, 0.717) is 24.7 Å². The van der Waals surface area contributed by atoms with Gasteiger partial charge in [0.2, 0.25) is 0 Å². The Morgan fingerprint density at radius 3 is 2.76 bits per heavy atom. The molecule has 0 spiro atoms. The van der Waals surface area contributed by atoms with Crippen LogP contribution in [0.2, 0.25) is 5.02 Å². The maximum Gasteiger partial charge on any atom is 0.138 e. The number of ether oxygens (including phenoxy) is 1. The third-order valence-electron chi connectivity index (χ3n) is 2.45. The molecule has 0 fully saturated rings. The van der Waals surface area contributed by atoms with Crippen molar-refractivity contribution in [1.82, 2.24) is 5.32 Å². The fourth-order valence-electron chi connectivity index (χ4n) is 1.57. The van der Waals surface area contributed by atoms with Gasteiger partial charge in [0, 0.05) is 13.1 Å². The van der Waals surface area contributed by atoms with Gasteiger partial charge in [0.05, 0.1) is 17.7 Å². The number of hydrogen-bond acceptors (Lipinski definition) is 3. The highest BCUT2D eigenvalue weighted by Crippen LogP contribution is 2.28. The standard InChI is InChI=1S/C13H20ClNO2/c1-4-17-13-5-9(2)11(6-12(13)14)8-15-7-10(3)16/h5-6,10,15-16H,4,7-8H2,1-3H3. The second kappa shape index (κ2) is 6.84. The van der Waals surface area contributed by atoms with Crippen molar-refractivity contribution in [3.05, 3.63) is 28.3 Å². The zero-order chi connectivity index (χ0) is 12.8. The van der Waals surface area contributed by atoms with E-state index in [9.17, 15) is 0 Å². The van der Waals surface area contributed by atoms with E-state index < -0.39 is 0 Å². The summed E-state index contributed by atoms with van der Waals surface area (Å²) in [5.74, 6) is 0.728. The monoisotopic (exact) mass is 257 g/mol. The highest BCUT2D eigenvalue weighted by molar-refractivity contribution is 6.32. The maximum absolute atomic E-state index is 9.16. The molecule has 2 N–H and O–H groups in total. The van der Waals surface area contributed by atoms with Crippen LogP contribution in [0.25, 0.3) is 0 Å². The second-order valence-corrected chi connectivity index (χ2v) is 4.53. The lowest BCUT2D eigenvalue weighted by Crippen LogP contribution is -2.24.